The van der Waals surface area contributed by atoms with Gasteiger partial charge in [-0.05, 0) is 12.8 Å². The van der Waals surface area contributed by atoms with Crippen molar-refractivity contribution in [1.29, 1.82) is 5.26 Å². The third kappa shape index (κ3) is 3.85. The molecule has 1 aromatic rings. The van der Waals surface area contributed by atoms with E-state index in [1.54, 1.807) is 6.20 Å². The number of anilines is 1. The molecule has 3 N–H and O–H groups in total. The number of nitrogens with two attached hydrogens (primary N) is 1. The van der Waals surface area contributed by atoms with Gasteiger partial charge in [-0.1, -0.05) is 30.6 Å². The summed E-state index contributed by atoms with van der Waals surface area (Å²) < 4.78 is 0.919. The van der Waals surface area contributed by atoms with E-state index >= 15 is 0 Å². The van der Waals surface area contributed by atoms with Crippen LogP contribution in [0.3, 0.4) is 0 Å². The molecule has 0 saturated heterocycles. The van der Waals surface area contributed by atoms with Gasteiger partial charge in [0.2, 0.25) is 5.91 Å². The second kappa shape index (κ2) is 6.26. The number of hydrogen-bond donors (Lipinski definition) is 2. The maximum Gasteiger partial charge on any atom is 0.231 e. The highest BCUT2D eigenvalue weighted by Gasteiger charge is 2.33. The van der Waals surface area contributed by atoms with Crippen molar-refractivity contribution in [2.45, 2.75) is 41.9 Å². The number of carbonyl (C=O) groups is 1. The van der Waals surface area contributed by atoms with E-state index in [1.165, 1.54) is 23.1 Å². The number of nitrogen functional groups attached to an aromatic ring is 1. The Kier molecular flexibility index (Phi) is 4.66. The predicted molar refractivity (Wildman–Crippen MR) is 76.8 cm³/mol. The number of thiazole rings is 1. The van der Waals surface area contributed by atoms with Crippen LogP contribution in [-0.2, 0) is 4.79 Å². The average molecular weight is 296 g/mol. The minimum Gasteiger partial charge on any atom is -0.375 e. The molecule has 7 heteroatoms. The van der Waals surface area contributed by atoms with E-state index in [9.17, 15) is 10.1 Å². The van der Waals surface area contributed by atoms with Gasteiger partial charge in [-0.25, -0.2) is 4.98 Å². The van der Waals surface area contributed by atoms with Crippen LogP contribution in [0.2, 0.25) is 0 Å². The number of aromatic nitrogens is 1. The molecule has 1 saturated carbocycles. The molecule has 2 rings (SSSR count). The van der Waals surface area contributed by atoms with Gasteiger partial charge in [-0.15, -0.1) is 11.8 Å². The molecule has 0 radical (unpaired) electrons. The zero-order valence-electron chi connectivity index (χ0n) is 10.5. The zero-order valence-corrected chi connectivity index (χ0v) is 12.1. The summed E-state index contributed by atoms with van der Waals surface area (Å²) in [6.45, 7) is 0. The highest BCUT2D eigenvalue weighted by molar-refractivity contribution is 8.01. The molecule has 1 aliphatic carbocycles. The fourth-order valence-corrected chi connectivity index (χ4v) is 3.76. The normalized spacial score (nSPS) is 17.6. The molecule has 0 spiro atoms. The number of nitrogens with one attached hydrogen (secondary N) is 1. The monoisotopic (exact) mass is 296 g/mol. The molecule has 102 valence electrons. The van der Waals surface area contributed by atoms with Crippen LogP contribution in [0.5, 0.6) is 0 Å². The number of hydrogen-bond acceptors (Lipinski definition) is 6. The Morgan fingerprint density at radius 2 is 2.32 bits per heavy atom. The van der Waals surface area contributed by atoms with Gasteiger partial charge in [0.05, 0.1) is 22.2 Å². The highest BCUT2D eigenvalue weighted by atomic mass is 32.2. The van der Waals surface area contributed by atoms with E-state index in [0.29, 0.717) is 10.9 Å². The first-order valence-electron chi connectivity index (χ1n) is 6.20. The Hall–Kier alpha value is -1.26. The standard InChI is InChI=1S/C12H16N4OS2/c13-8-12(4-2-1-3-5-12)16-9(17)7-18-10-6-15-11(14)19-10/h6H,1-5,7H2,(H2,14,15)(H,16,17). The summed E-state index contributed by atoms with van der Waals surface area (Å²) in [4.78, 5) is 15.9. The number of carbonyl (C=O) groups excluding carboxylic acids is 1. The molecule has 0 aliphatic heterocycles. The zero-order chi connectivity index (χ0) is 13.7. The van der Waals surface area contributed by atoms with Crippen molar-refractivity contribution in [3.05, 3.63) is 6.20 Å². The van der Waals surface area contributed by atoms with Gasteiger partial charge in [0.15, 0.2) is 5.13 Å². The lowest BCUT2D eigenvalue weighted by atomic mass is 9.83. The van der Waals surface area contributed by atoms with Crippen LogP contribution in [0.4, 0.5) is 5.13 Å². The molecule has 0 atom stereocenters. The van der Waals surface area contributed by atoms with E-state index in [2.05, 4.69) is 16.4 Å². The quantitative estimate of drug-likeness (QED) is 0.831. The lowest BCUT2D eigenvalue weighted by molar-refractivity contribution is -0.120. The van der Waals surface area contributed by atoms with Crippen LogP contribution in [0, 0.1) is 11.3 Å². The van der Waals surface area contributed by atoms with Crippen LogP contribution >= 0.6 is 23.1 Å². The third-order valence-electron chi connectivity index (χ3n) is 3.15. The van der Waals surface area contributed by atoms with E-state index in [0.717, 1.165) is 36.3 Å². The van der Waals surface area contributed by atoms with E-state index < -0.39 is 5.54 Å². The van der Waals surface area contributed by atoms with Crippen molar-refractivity contribution in [1.82, 2.24) is 10.3 Å². The molecule has 1 amide bonds. The number of amides is 1. The fraction of sp³-hybridized carbons (Fsp3) is 0.583. The summed E-state index contributed by atoms with van der Waals surface area (Å²) in [5.74, 6) is 0.200. The molecule has 0 bridgehead atoms. The summed E-state index contributed by atoms with van der Waals surface area (Å²) in [5, 5.41) is 12.7. The predicted octanol–water partition coefficient (Wildman–Crippen LogP) is 2.16. The maximum absolute atomic E-state index is 11.9. The summed E-state index contributed by atoms with van der Waals surface area (Å²) in [7, 11) is 0. The van der Waals surface area contributed by atoms with Gasteiger partial charge in [-0.3, -0.25) is 4.79 Å². The van der Waals surface area contributed by atoms with Crippen LogP contribution in [0.25, 0.3) is 0 Å². The lowest BCUT2D eigenvalue weighted by Crippen LogP contribution is -2.49. The summed E-state index contributed by atoms with van der Waals surface area (Å²) >= 11 is 2.77. The molecule has 0 unspecified atom stereocenters. The number of rotatable bonds is 4. The molecule has 5 nitrogen and oxygen atoms in total. The minimum absolute atomic E-state index is 0.0968. The second-order valence-corrected chi connectivity index (χ2v) is 6.95. The van der Waals surface area contributed by atoms with Crippen molar-refractivity contribution < 1.29 is 4.79 Å². The Labute approximate surface area is 120 Å². The number of thioether (sulfide) groups is 1. The van der Waals surface area contributed by atoms with Gasteiger partial charge in [0.1, 0.15) is 5.54 Å². The number of nitriles is 1. The third-order valence-corrected chi connectivity index (χ3v) is 5.17. The highest BCUT2D eigenvalue weighted by Crippen LogP contribution is 2.29. The SMILES string of the molecule is N#CC1(NC(=O)CSc2cnc(N)s2)CCCCC1. The molecule has 1 aromatic heterocycles. The molecule has 1 heterocycles. The van der Waals surface area contributed by atoms with Crippen molar-refractivity contribution in [3.63, 3.8) is 0 Å². The molecule has 1 aliphatic rings. The van der Waals surface area contributed by atoms with Crippen LogP contribution in [0.1, 0.15) is 32.1 Å². The van der Waals surface area contributed by atoms with Crippen molar-refractivity contribution in [2.24, 2.45) is 0 Å². The largest absolute Gasteiger partial charge is 0.375 e. The lowest BCUT2D eigenvalue weighted by Gasteiger charge is -2.31. The first kappa shape index (κ1) is 14.2. The Morgan fingerprint density at radius 3 is 2.89 bits per heavy atom. The van der Waals surface area contributed by atoms with Crippen molar-refractivity contribution >= 4 is 34.1 Å². The molecule has 19 heavy (non-hydrogen) atoms. The molecular formula is C12H16N4OS2. The smallest absolute Gasteiger partial charge is 0.231 e. The first-order valence-corrected chi connectivity index (χ1v) is 8.00. The number of nitrogens with zero attached hydrogens (tertiary/aromatic N) is 2. The summed E-state index contributed by atoms with van der Waals surface area (Å²) in [6, 6.07) is 2.28. The second-order valence-electron chi connectivity index (χ2n) is 4.61. The van der Waals surface area contributed by atoms with E-state index in [-0.39, 0.29) is 5.91 Å². The van der Waals surface area contributed by atoms with Gasteiger partial charge >= 0.3 is 0 Å². The fourth-order valence-electron chi connectivity index (χ4n) is 2.20. The molecule has 1 fully saturated rings. The van der Waals surface area contributed by atoms with Crippen LogP contribution in [0.15, 0.2) is 10.4 Å². The first-order chi connectivity index (χ1) is 9.13. The Balaban J connectivity index is 1.85. The van der Waals surface area contributed by atoms with Gasteiger partial charge in [-0.2, -0.15) is 5.26 Å². The maximum atomic E-state index is 11.9. The van der Waals surface area contributed by atoms with Gasteiger partial charge in [0.25, 0.3) is 0 Å². The molecule has 0 aromatic carbocycles. The van der Waals surface area contributed by atoms with E-state index in [1.807, 2.05) is 0 Å². The van der Waals surface area contributed by atoms with Gasteiger partial charge < -0.3 is 11.1 Å². The summed E-state index contributed by atoms with van der Waals surface area (Å²) in [6.07, 6.45) is 6.34. The topological polar surface area (TPSA) is 91.8 Å². The summed E-state index contributed by atoms with van der Waals surface area (Å²) in [5.41, 5.74) is 4.88. The Bertz CT molecular complexity index is 488. The minimum atomic E-state index is -0.650. The Morgan fingerprint density at radius 1 is 1.58 bits per heavy atom. The van der Waals surface area contributed by atoms with Crippen molar-refractivity contribution in [2.75, 3.05) is 11.5 Å². The van der Waals surface area contributed by atoms with Crippen LogP contribution < -0.4 is 11.1 Å². The van der Waals surface area contributed by atoms with E-state index in [4.69, 9.17) is 5.73 Å². The van der Waals surface area contributed by atoms with Gasteiger partial charge in [0, 0.05) is 0 Å². The molecular weight excluding hydrogens is 280 g/mol. The van der Waals surface area contributed by atoms with Crippen LogP contribution in [-0.4, -0.2) is 22.2 Å². The average Bonchev–Trinajstić information content (AvgIpc) is 2.83. The van der Waals surface area contributed by atoms with Crippen molar-refractivity contribution in [3.8, 4) is 6.07 Å².